The molecule has 8 heteroatoms. The molecule has 1 fully saturated rings. The first-order chi connectivity index (χ1) is 11.4. The van der Waals surface area contributed by atoms with Crippen LogP contribution in [0.5, 0.6) is 5.75 Å². The Morgan fingerprint density at radius 2 is 1.88 bits per heavy atom. The smallest absolute Gasteiger partial charge is 0.422 e. The summed E-state index contributed by atoms with van der Waals surface area (Å²) in [4.78, 5) is 13.7. The summed E-state index contributed by atoms with van der Waals surface area (Å²) in [7, 11) is 1.57. The Morgan fingerprint density at radius 1 is 1.25 bits per heavy atom. The van der Waals surface area contributed by atoms with Gasteiger partial charge in [-0.3, -0.25) is 4.90 Å². The number of nitrogens with one attached hydrogen (secondary N) is 1. The van der Waals surface area contributed by atoms with Gasteiger partial charge in [-0.15, -0.1) is 0 Å². The molecule has 1 heterocycles. The molecule has 24 heavy (non-hydrogen) atoms. The van der Waals surface area contributed by atoms with Crippen LogP contribution in [0.1, 0.15) is 24.4 Å². The van der Waals surface area contributed by atoms with Gasteiger partial charge in [0.1, 0.15) is 5.75 Å². The summed E-state index contributed by atoms with van der Waals surface area (Å²) in [6, 6.07) is 7.31. The number of rotatable bonds is 6. The molecule has 1 N–H and O–H groups in total. The molecule has 1 saturated heterocycles. The number of hydrogen-bond acceptors (Lipinski definition) is 4. The molecule has 1 aromatic rings. The van der Waals surface area contributed by atoms with Crippen LogP contribution in [0.2, 0.25) is 0 Å². The molecule has 5 nitrogen and oxygen atoms in total. The van der Waals surface area contributed by atoms with Crippen molar-refractivity contribution in [3.63, 3.8) is 0 Å². The Labute approximate surface area is 138 Å². The number of alkyl halides is 3. The molecule has 0 bridgehead atoms. The van der Waals surface area contributed by atoms with Gasteiger partial charge in [-0.1, -0.05) is 12.1 Å². The van der Waals surface area contributed by atoms with Crippen molar-refractivity contribution in [2.24, 2.45) is 0 Å². The zero-order valence-electron chi connectivity index (χ0n) is 13.4. The van der Waals surface area contributed by atoms with Crippen LogP contribution in [-0.4, -0.2) is 50.5 Å². The van der Waals surface area contributed by atoms with Crippen molar-refractivity contribution in [3.05, 3.63) is 29.8 Å². The molecule has 1 aliphatic rings. The standard InChI is InChI=1S/C16H21F3N2O3/c1-23-13-6-4-12(5-7-13)14(21-8-2-3-9-21)10-20-15(22)24-11-16(17,18)19/h4-7,14H,2-3,8-11H2,1H3,(H,20,22). The second-order valence-electron chi connectivity index (χ2n) is 5.60. The quantitative estimate of drug-likeness (QED) is 0.860. The summed E-state index contributed by atoms with van der Waals surface area (Å²) >= 11 is 0. The van der Waals surface area contributed by atoms with Crippen LogP contribution in [-0.2, 0) is 4.74 Å². The van der Waals surface area contributed by atoms with Crippen LogP contribution in [0, 0.1) is 0 Å². The lowest BCUT2D eigenvalue weighted by Gasteiger charge is -2.28. The third-order valence-corrected chi connectivity index (χ3v) is 3.89. The average Bonchev–Trinajstić information content (AvgIpc) is 3.07. The van der Waals surface area contributed by atoms with Crippen molar-refractivity contribution in [3.8, 4) is 5.75 Å². The zero-order chi connectivity index (χ0) is 17.6. The molecule has 0 radical (unpaired) electrons. The van der Waals surface area contributed by atoms with Gasteiger partial charge in [-0.25, -0.2) is 4.79 Å². The fourth-order valence-electron chi connectivity index (χ4n) is 2.72. The van der Waals surface area contributed by atoms with Gasteiger partial charge in [0.05, 0.1) is 13.2 Å². The number of nitrogens with zero attached hydrogens (tertiary/aromatic N) is 1. The van der Waals surface area contributed by atoms with Crippen molar-refractivity contribution in [2.75, 3.05) is 33.4 Å². The number of methoxy groups -OCH3 is 1. The molecule has 1 atom stereocenters. The Kier molecular flexibility index (Phi) is 6.30. The molecular weight excluding hydrogens is 325 g/mol. The van der Waals surface area contributed by atoms with Crippen LogP contribution in [0.15, 0.2) is 24.3 Å². The van der Waals surface area contributed by atoms with E-state index in [-0.39, 0.29) is 12.6 Å². The lowest BCUT2D eigenvalue weighted by molar-refractivity contribution is -0.160. The maximum Gasteiger partial charge on any atom is 0.422 e. The van der Waals surface area contributed by atoms with E-state index >= 15 is 0 Å². The minimum atomic E-state index is -4.53. The molecule has 1 aromatic carbocycles. The Morgan fingerprint density at radius 3 is 2.42 bits per heavy atom. The highest BCUT2D eigenvalue weighted by molar-refractivity contribution is 5.67. The van der Waals surface area contributed by atoms with Crippen LogP contribution >= 0.6 is 0 Å². The minimum Gasteiger partial charge on any atom is -0.497 e. The van der Waals surface area contributed by atoms with Gasteiger partial charge < -0.3 is 14.8 Å². The molecule has 134 valence electrons. The second kappa shape index (κ2) is 8.23. The first-order valence-corrected chi connectivity index (χ1v) is 7.74. The van der Waals surface area contributed by atoms with E-state index < -0.39 is 18.9 Å². The van der Waals surface area contributed by atoms with Gasteiger partial charge in [0.15, 0.2) is 6.61 Å². The molecule has 2 rings (SSSR count). The summed E-state index contributed by atoms with van der Waals surface area (Å²) in [5.74, 6) is 0.719. The maximum atomic E-state index is 12.1. The number of benzene rings is 1. The van der Waals surface area contributed by atoms with E-state index in [4.69, 9.17) is 4.74 Å². The number of amides is 1. The number of carbonyl (C=O) groups excluding carboxylic acids is 1. The SMILES string of the molecule is COc1ccc(C(CNC(=O)OCC(F)(F)F)N2CCCC2)cc1. The molecule has 0 aromatic heterocycles. The number of carbonyl (C=O) groups is 1. The normalized spacial score (nSPS) is 16.7. The van der Waals surface area contributed by atoms with Crippen LogP contribution < -0.4 is 10.1 Å². The number of likely N-dealkylation sites (tertiary alicyclic amines) is 1. The van der Waals surface area contributed by atoms with E-state index in [1.165, 1.54) is 0 Å². The van der Waals surface area contributed by atoms with Gasteiger partial charge in [-0.2, -0.15) is 13.2 Å². The molecular formula is C16H21F3N2O3. The number of ether oxygens (including phenoxy) is 2. The van der Waals surface area contributed by atoms with Crippen molar-refractivity contribution in [1.29, 1.82) is 0 Å². The van der Waals surface area contributed by atoms with Crippen molar-refractivity contribution in [2.45, 2.75) is 25.1 Å². The summed E-state index contributed by atoms with van der Waals surface area (Å²) in [6.45, 7) is 0.366. The fourth-order valence-corrected chi connectivity index (χ4v) is 2.72. The number of hydrogen-bond donors (Lipinski definition) is 1. The minimum absolute atomic E-state index is 0.114. The van der Waals surface area contributed by atoms with Gasteiger partial charge in [0.25, 0.3) is 0 Å². The van der Waals surface area contributed by atoms with Gasteiger partial charge in [-0.05, 0) is 43.6 Å². The predicted molar refractivity (Wildman–Crippen MR) is 81.9 cm³/mol. The third-order valence-electron chi connectivity index (χ3n) is 3.89. The van der Waals surface area contributed by atoms with Crippen LogP contribution in [0.3, 0.4) is 0 Å². The highest BCUT2D eigenvalue weighted by Crippen LogP contribution is 2.26. The van der Waals surface area contributed by atoms with Crippen molar-refractivity contribution < 1.29 is 27.4 Å². The van der Waals surface area contributed by atoms with Crippen molar-refractivity contribution in [1.82, 2.24) is 10.2 Å². The van der Waals surface area contributed by atoms with E-state index in [1.54, 1.807) is 7.11 Å². The number of alkyl carbamates (subject to hydrolysis) is 1. The average molecular weight is 346 g/mol. The Bertz CT molecular complexity index is 528. The highest BCUT2D eigenvalue weighted by atomic mass is 19.4. The zero-order valence-corrected chi connectivity index (χ0v) is 13.4. The molecule has 1 unspecified atom stereocenters. The van der Waals surface area contributed by atoms with E-state index in [9.17, 15) is 18.0 Å². The van der Waals surface area contributed by atoms with E-state index in [0.29, 0.717) is 0 Å². The summed E-state index contributed by atoms with van der Waals surface area (Å²) < 4.78 is 45.5. The fraction of sp³-hybridized carbons (Fsp3) is 0.562. The monoisotopic (exact) mass is 346 g/mol. The largest absolute Gasteiger partial charge is 0.497 e. The van der Waals surface area contributed by atoms with Gasteiger partial charge >= 0.3 is 12.3 Å². The molecule has 1 aliphatic heterocycles. The molecule has 1 amide bonds. The lowest BCUT2D eigenvalue weighted by atomic mass is 10.1. The molecule has 0 saturated carbocycles. The Hall–Kier alpha value is -1.96. The first kappa shape index (κ1) is 18.4. The molecule has 0 spiro atoms. The number of halogens is 3. The topological polar surface area (TPSA) is 50.8 Å². The predicted octanol–water partition coefficient (Wildman–Crippen LogP) is 3.12. The molecule has 0 aliphatic carbocycles. The van der Waals surface area contributed by atoms with Crippen LogP contribution in [0.4, 0.5) is 18.0 Å². The maximum absolute atomic E-state index is 12.1. The Balaban J connectivity index is 1.97. The van der Waals surface area contributed by atoms with E-state index in [1.807, 2.05) is 24.3 Å². The van der Waals surface area contributed by atoms with Gasteiger partial charge in [0.2, 0.25) is 0 Å². The van der Waals surface area contributed by atoms with Gasteiger partial charge in [0, 0.05) is 6.54 Å². The third kappa shape index (κ3) is 5.59. The lowest BCUT2D eigenvalue weighted by Crippen LogP contribution is -2.38. The van der Waals surface area contributed by atoms with Crippen LogP contribution in [0.25, 0.3) is 0 Å². The van der Waals surface area contributed by atoms with E-state index in [2.05, 4.69) is 15.0 Å². The summed E-state index contributed by atoms with van der Waals surface area (Å²) in [5, 5.41) is 2.43. The summed E-state index contributed by atoms with van der Waals surface area (Å²) in [6.07, 6.45) is -3.47. The van der Waals surface area contributed by atoms with Crippen molar-refractivity contribution >= 4 is 6.09 Å². The van der Waals surface area contributed by atoms with E-state index in [0.717, 1.165) is 37.2 Å². The first-order valence-electron chi connectivity index (χ1n) is 7.74. The highest BCUT2D eigenvalue weighted by Gasteiger charge is 2.30. The second-order valence-corrected chi connectivity index (χ2v) is 5.60. The summed E-state index contributed by atoms with van der Waals surface area (Å²) in [5.41, 5.74) is 0.967.